The zero-order valence-electron chi connectivity index (χ0n) is 9.28. The molecule has 0 unspecified atom stereocenters. The van der Waals surface area contributed by atoms with Crippen LogP contribution in [-0.4, -0.2) is 15.1 Å². The first kappa shape index (κ1) is 11.3. The molecule has 0 saturated heterocycles. The standard InChI is InChI=1S/C10H10N2O.C2H6/c1-7(13)6-10-11-8-4-2-3-5-9(8)12-10;1-2/h2-6,13H,1H3,(H,11,12);1-2H3. The van der Waals surface area contributed by atoms with Crippen LogP contribution < -0.4 is 0 Å². The summed E-state index contributed by atoms with van der Waals surface area (Å²) in [4.78, 5) is 7.34. The van der Waals surface area contributed by atoms with E-state index in [0.717, 1.165) is 11.0 Å². The highest BCUT2D eigenvalue weighted by Crippen LogP contribution is 2.11. The summed E-state index contributed by atoms with van der Waals surface area (Å²) < 4.78 is 0. The molecule has 0 spiro atoms. The molecule has 2 aromatic rings. The summed E-state index contributed by atoms with van der Waals surface area (Å²) >= 11 is 0. The number of hydrogen-bond acceptors (Lipinski definition) is 2. The van der Waals surface area contributed by atoms with Crippen molar-refractivity contribution in [3.8, 4) is 0 Å². The summed E-state index contributed by atoms with van der Waals surface area (Å²) in [6, 6.07) is 7.75. The molecular formula is C12H16N2O. The average molecular weight is 204 g/mol. The second-order valence-corrected chi connectivity index (χ2v) is 2.92. The minimum Gasteiger partial charge on any atom is -0.512 e. The molecule has 1 heterocycles. The van der Waals surface area contributed by atoms with Crippen LogP contribution in [0.15, 0.2) is 30.0 Å². The highest BCUT2D eigenvalue weighted by Gasteiger charge is 1.98. The van der Waals surface area contributed by atoms with Gasteiger partial charge in [0.25, 0.3) is 0 Å². The zero-order valence-corrected chi connectivity index (χ0v) is 9.28. The summed E-state index contributed by atoms with van der Waals surface area (Å²) in [5.41, 5.74) is 1.89. The van der Waals surface area contributed by atoms with Crippen molar-refractivity contribution in [3.05, 3.63) is 35.8 Å². The van der Waals surface area contributed by atoms with E-state index < -0.39 is 0 Å². The van der Waals surface area contributed by atoms with Gasteiger partial charge < -0.3 is 10.1 Å². The molecule has 2 N–H and O–H groups in total. The number of rotatable bonds is 1. The smallest absolute Gasteiger partial charge is 0.134 e. The van der Waals surface area contributed by atoms with Gasteiger partial charge in [0.15, 0.2) is 0 Å². The number of nitrogens with one attached hydrogen (secondary N) is 1. The van der Waals surface area contributed by atoms with Crippen LogP contribution in [0.3, 0.4) is 0 Å². The minimum atomic E-state index is 0.249. The number of imidazole rings is 1. The van der Waals surface area contributed by atoms with Crippen molar-refractivity contribution >= 4 is 17.1 Å². The average Bonchev–Trinajstić information content (AvgIpc) is 2.61. The molecular weight excluding hydrogens is 188 g/mol. The number of aromatic nitrogens is 2. The van der Waals surface area contributed by atoms with E-state index in [2.05, 4.69) is 9.97 Å². The van der Waals surface area contributed by atoms with Crippen molar-refractivity contribution in [1.29, 1.82) is 0 Å². The lowest BCUT2D eigenvalue weighted by Gasteiger charge is -1.84. The Hall–Kier alpha value is -1.77. The van der Waals surface area contributed by atoms with Gasteiger partial charge >= 0.3 is 0 Å². The van der Waals surface area contributed by atoms with E-state index in [-0.39, 0.29) is 5.76 Å². The molecule has 0 aliphatic heterocycles. The van der Waals surface area contributed by atoms with Gasteiger partial charge in [-0.25, -0.2) is 4.98 Å². The van der Waals surface area contributed by atoms with Gasteiger partial charge in [0.1, 0.15) is 5.82 Å². The van der Waals surface area contributed by atoms with Crippen molar-refractivity contribution in [2.24, 2.45) is 0 Å². The third kappa shape index (κ3) is 2.84. The van der Waals surface area contributed by atoms with Crippen molar-refractivity contribution in [1.82, 2.24) is 9.97 Å². The number of para-hydroxylation sites is 2. The zero-order chi connectivity index (χ0) is 11.3. The third-order valence-corrected chi connectivity index (χ3v) is 1.75. The van der Waals surface area contributed by atoms with E-state index in [1.54, 1.807) is 13.0 Å². The molecule has 1 aromatic carbocycles. The molecule has 0 aliphatic carbocycles. The molecule has 0 bridgehead atoms. The fourth-order valence-corrected chi connectivity index (χ4v) is 1.24. The summed E-state index contributed by atoms with van der Waals surface area (Å²) in [6.45, 7) is 5.62. The minimum absolute atomic E-state index is 0.249. The summed E-state index contributed by atoms with van der Waals surface area (Å²) in [5.74, 6) is 0.931. The Balaban J connectivity index is 0.000000531. The predicted molar refractivity (Wildman–Crippen MR) is 63.7 cm³/mol. The van der Waals surface area contributed by atoms with Crippen molar-refractivity contribution in [3.63, 3.8) is 0 Å². The van der Waals surface area contributed by atoms with E-state index in [1.807, 2.05) is 38.1 Å². The molecule has 3 heteroatoms. The van der Waals surface area contributed by atoms with Gasteiger partial charge in [-0.1, -0.05) is 26.0 Å². The SMILES string of the molecule is CC.CC(O)=Cc1nc2ccccc2[nH]1. The number of hydrogen-bond donors (Lipinski definition) is 2. The molecule has 2 rings (SSSR count). The Morgan fingerprint density at radius 3 is 2.60 bits per heavy atom. The van der Waals surface area contributed by atoms with Crippen LogP contribution in [0.4, 0.5) is 0 Å². The maximum absolute atomic E-state index is 9.03. The van der Waals surface area contributed by atoms with Gasteiger partial charge in [-0.05, 0) is 19.1 Å². The molecule has 0 atom stereocenters. The second kappa shape index (κ2) is 5.20. The number of benzene rings is 1. The first-order valence-electron chi connectivity index (χ1n) is 5.08. The van der Waals surface area contributed by atoms with E-state index >= 15 is 0 Å². The number of nitrogens with zero attached hydrogens (tertiary/aromatic N) is 1. The van der Waals surface area contributed by atoms with Crippen LogP contribution in [-0.2, 0) is 0 Å². The fraction of sp³-hybridized carbons (Fsp3) is 0.250. The highest BCUT2D eigenvalue weighted by atomic mass is 16.3. The maximum Gasteiger partial charge on any atom is 0.134 e. The Bertz CT molecular complexity index is 420. The number of fused-ring (bicyclic) bond motifs is 1. The number of aromatic amines is 1. The van der Waals surface area contributed by atoms with E-state index in [9.17, 15) is 0 Å². The number of aliphatic hydroxyl groups is 1. The third-order valence-electron chi connectivity index (χ3n) is 1.75. The van der Waals surface area contributed by atoms with Crippen LogP contribution in [0.1, 0.15) is 26.6 Å². The Kier molecular flexibility index (Phi) is 3.92. The van der Waals surface area contributed by atoms with Crippen molar-refractivity contribution in [2.75, 3.05) is 0 Å². The van der Waals surface area contributed by atoms with Crippen LogP contribution in [0, 0.1) is 0 Å². The van der Waals surface area contributed by atoms with Crippen LogP contribution in [0.25, 0.3) is 17.1 Å². The second-order valence-electron chi connectivity index (χ2n) is 2.92. The monoisotopic (exact) mass is 204 g/mol. The van der Waals surface area contributed by atoms with Gasteiger partial charge in [0.05, 0.1) is 16.8 Å². The fourth-order valence-electron chi connectivity index (χ4n) is 1.24. The molecule has 0 saturated carbocycles. The molecule has 0 aliphatic rings. The number of aliphatic hydroxyl groups excluding tert-OH is 1. The topological polar surface area (TPSA) is 48.9 Å². The molecule has 1 aromatic heterocycles. The molecule has 0 amide bonds. The lowest BCUT2D eigenvalue weighted by atomic mass is 10.3. The summed E-state index contributed by atoms with van der Waals surface area (Å²) in [6.07, 6.45) is 1.60. The molecule has 3 nitrogen and oxygen atoms in total. The largest absolute Gasteiger partial charge is 0.512 e. The Morgan fingerprint density at radius 1 is 1.33 bits per heavy atom. The molecule has 0 radical (unpaired) electrons. The van der Waals surface area contributed by atoms with Gasteiger partial charge in [0.2, 0.25) is 0 Å². The van der Waals surface area contributed by atoms with Crippen LogP contribution in [0.2, 0.25) is 0 Å². The lowest BCUT2D eigenvalue weighted by Crippen LogP contribution is -1.76. The van der Waals surface area contributed by atoms with E-state index in [4.69, 9.17) is 5.11 Å². The van der Waals surface area contributed by atoms with Crippen LogP contribution in [0.5, 0.6) is 0 Å². The summed E-state index contributed by atoms with van der Waals surface area (Å²) in [5, 5.41) is 9.03. The van der Waals surface area contributed by atoms with Gasteiger partial charge in [0, 0.05) is 6.08 Å². The van der Waals surface area contributed by atoms with Crippen molar-refractivity contribution < 1.29 is 5.11 Å². The first-order valence-corrected chi connectivity index (χ1v) is 5.08. The Labute approximate surface area is 89.5 Å². The maximum atomic E-state index is 9.03. The number of allylic oxidation sites excluding steroid dienone is 1. The highest BCUT2D eigenvalue weighted by molar-refractivity contribution is 5.76. The lowest BCUT2D eigenvalue weighted by molar-refractivity contribution is 0.419. The molecule has 80 valence electrons. The van der Waals surface area contributed by atoms with Crippen molar-refractivity contribution in [2.45, 2.75) is 20.8 Å². The van der Waals surface area contributed by atoms with E-state index in [0.29, 0.717) is 5.82 Å². The predicted octanol–water partition coefficient (Wildman–Crippen LogP) is 3.51. The number of H-pyrrole nitrogens is 1. The normalized spacial score (nSPS) is 11.0. The van der Waals surface area contributed by atoms with E-state index in [1.165, 1.54) is 0 Å². The van der Waals surface area contributed by atoms with Gasteiger partial charge in [-0.2, -0.15) is 0 Å². The van der Waals surface area contributed by atoms with Gasteiger partial charge in [-0.3, -0.25) is 0 Å². The van der Waals surface area contributed by atoms with Crippen LogP contribution >= 0.6 is 0 Å². The van der Waals surface area contributed by atoms with Gasteiger partial charge in [-0.15, -0.1) is 0 Å². The Morgan fingerprint density at radius 2 is 2.00 bits per heavy atom. The first-order chi connectivity index (χ1) is 7.25. The quantitative estimate of drug-likeness (QED) is 0.698. The molecule has 15 heavy (non-hydrogen) atoms. The summed E-state index contributed by atoms with van der Waals surface area (Å²) in [7, 11) is 0. The molecule has 0 fully saturated rings.